The summed E-state index contributed by atoms with van der Waals surface area (Å²) >= 11 is 1.45. The Morgan fingerprint density at radius 2 is 2.08 bits per heavy atom. The standard InChI is InChI=1S/C19H17N3O2S/c1-3-13-6-9-16-17(10-13)25-19(21-16)22-18(23)12(2)24-15-7-4-14(11-20)5-8-15/h4-10,12H,3H2,1-2H3,(H,21,22,23). The van der Waals surface area contributed by atoms with Crippen LogP contribution in [-0.2, 0) is 11.2 Å². The molecule has 0 saturated heterocycles. The van der Waals surface area contributed by atoms with Crippen molar-refractivity contribution in [3.8, 4) is 11.8 Å². The highest BCUT2D eigenvalue weighted by atomic mass is 32.1. The summed E-state index contributed by atoms with van der Waals surface area (Å²) in [7, 11) is 0. The fourth-order valence-electron chi connectivity index (χ4n) is 2.32. The molecule has 3 rings (SSSR count). The summed E-state index contributed by atoms with van der Waals surface area (Å²) in [6.45, 7) is 3.78. The van der Waals surface area contributed by atoms with Gasteiger partial charge >= 0.3 is 0 Å². The monoisotopic (exact) mass is 351 g/mol. The third-order valence-corrected chi connectivity index (χ3v) is 4.69. The van der Waals surface area contributed by atoms with E-state index >= 15 is 0 Å². The summed E-state index contributed by atoms with van der Waals surface area (Å²) in [6.07, 6.45) is 0.288. The molecule has 1 heterocycles. The Bertz CT molecular complexity index is 941. The maximum atomic E-state index is 12.3. The quantitative estimate of drug-likeness (QED) is 0.750. The van der Waals surface area contributed by atoms with Gasteiger partial charge < -0.3 is 4.74 Å². The van der Waals surface area contributed by atoms with Gasteiger partial charge in [-0.15, -0.1) is 0 Å². The van der Waals surface area contributed by atoms with Gasteiger partial charge in [0.15, 0.2) is 11.2 Å². The zero-order chi connectivity index (χ0) is 17.8. The van der Waals surface area contributed by atoms with Crippen molar-refractivity contribution in [1.29, 1.82) is 5.26 Å². The summed E-state index contributed by atoms with van der Waals surface area (Å²) in [5.74, 6) is 0.276. The van der Waals surface area contributed by atoms with E-state index in [2.05, 4.69) is 23.3 Å². The van der Waals surface area contributed by atoms with Gasteiger partial charge in [0.25, 0.3) is 5.91 Å². The van der Waals surface area contributed by atoms with Gasteiger partial charge in [0.05, 0.1) is 21.8 Å². The van der Waals surface area contributed by atoms with E-state index in [4.69, 9.17) is 10.00 Å². The molecule has 0 fully saturated rings. The highest BCUT2D eigenvalue weighted by Crippen LogP contribution is 2.27. The van der Waals surface area contributed by atoms with Crippen molar-refractivity contribution in [3.63, 3.8) is 0 Å². The van der Waals surface area contributed by atoms with E-state index in [1.54, 1.807) is 31.2 Å². The number of aromatic nitrogens is 1. The molecule has 0 aliphatic rings. The highest BCUT2D eigenvalue weighted by Gasteiger charge is 2.17. The van der Waals surface area contributed by atoms with E-state index in [1.165, 1.54) is 16.9 Å². The summed E-state index contributed by atoms with van der Waals surface area (Å²) in [6, 6.07) is 14.8. The van der Waals surface area contributed by atoms with Gasteiger partial charge in [-0.05, 0) is 55.3 Å². The van der Waals surface area contributed by atoms with Crippen molar-refractivity contribution >= 4 is 32.6 Å². The topological polar surface area (TPSA) is 75.0 Å². The molecule has 0 aliphatic carbocycles. The zero-order valence-electron chi connectivity index (χ0n) is 13.9. The van der Waals surface area contributed by atoms with Gasteiger partial charge in [-0.1, -0.05) is 24.3 Å². The molecule has 1 N–H and O–H groups in total. The van der Waals surface area contributed by atoms with Gasteiger partial charge in [0, 0.05) is 0 Å². The molecule has 126 valence electrons. The number of nitriles is 1. The lowest BCUT2D eigenvalue weighted by Gasteiger charge is -2.13. The number of carbonyl (C=O) groups excluding carboxylic acids is 1. The van der Waals surface area contributed by atoms with E-state index in [1.807, 2.05) is 18.2 Å². The van der Waals surface area contributed by atoms with E-state index < -0.39 is 6.10 Å². The SMILES string of the molecule is CCc1ccc2nc(NC(=O)C(C)Oc3ccc(C#N)cc3)sc2c1. The number of hydrogen-bond donors (Lipinski definition) is 1. The molecule has 6 heteroatoms. The molecule has 5 nitrogen and oxygen atoms in total. The second kappa shape index (κ2) is 7.32. The maximum absolute atomic E-state index is 12.3. The number of amides is 1. The fraction of sp³-hybridized carbons (Fsp3) is 0.211. The third kappa shape index (κ3) is 3.95. The lowest BCUT2D eigenvalue weighted by molar-refractivity contribution is -0.122. The Kier molecular flexibility index (Phi) is 4.96. The Morgan fingerprint density at radius 3 is 2.76 bits per heavy atom. The van der Waals surface area contributed by atoms with Gasteiger partial charge in [-0.3, -0.25) is 10.1 Å². The number of ether oxygens (including phenoxy) is 1. The van der Waals surface area contributed by atoms with Crippen LogP contribution in [0, 0.1) is 11.3 Å². The first-order valence-electron chi connectivity index (χ1n) is 7.96. The average molecular weight is 351 g/mol. The Labute approximate surface area is 149 Å². The van der Waals surface area contributed by atoms with Crippen molar-refractivity contribution in [2.75, 3.05) is 5.32 Å². The molecule has 1 unspecified atom stereocenters. The lowest BCUT2D eigenvalue weighted by Crippen LogP contribution is -2.30. The molecule has 1 amide bonds. The highest BCUT2D eigenvalue weighted by molar-refractivity contribution is 7.22. The van der Waals surface area contributed by atoms with Crippen molar-refractivity contribution in [2.45, 2.75) is 26.4 Å². The molecule has 1 atom stereocenters. The Hall–Kier alpha value is -2.91. The summed E-state index contributed by atoms with van der Waals surface area (Å²) in [4.78, 5) is 16.8. The normalized spacial score (nSPS) is 11.7. The smallest absolute Gasteiger partial charge is 0.266 e. The largest absolute Gasteiger partial charge is 0.481 e. The number of rotatable bonds is 5. The van der Waals surface area contributed by atoms with E-state index in [0.29, 0.717) is 16.4 Å². The first-order valence-corrected chi connectivity index (χ1v) is 8.78. The number of hydrogen-bond acceptors (Lipinski definition) is 5. The molecule has 0 spiro atoms. The van der Waals surface area contributed by atoms with Crippen LogP contribution in [0.15, 0.2) is 42.5 Å². The van der Waals surface area contributed by atoms with Gasteiger partial charge in [-0.25, -0.2) is 4.98 Å². The van der Waals surface area contributed by atoms with Crippen LogP contribution in [0.5, 0.6) is 5.75 Å². The molecule has 2 aromatic carbocycles. The second-order valence-corrected chi connectivity index (χ2v) is 6.59. The number of aryl methyl sites for hydroxylation is 1. The van der Waals surface area contributed by atoms with Gasteiger partial charge in [0.1, 0.15) is 5.75 Å². The second-order valence-electron chi connectivity index (χ2n) is 5.56. The Morgan fingerprint density at radius 1 is 1.32 bits per heavy atom. The van der Waals surface area contributed by atoms with Crippen LogP contribution in [0.1, 0.15) is 25.0 Å². The maximum Gasteiger partial charge on any atom is 0.266 e. The van der Waals surface area contributed by atoms with Crippen LogP contribution in [0.4, 0.5) is 5.13 Å². The molecule has 0 bridgehead atoms. The Balaban J connectivity index is 1.67. The summed E-state index contributed by atoms with van der Waals surface area (Å²) in [5, 5.41) is 12.2. The first-order chi connectivity index (χ1) is 12.1. The number of thiazole rings is 1. The molecular weight excluding hydrogens is 334 g/mol. The van der Waals surface area contributed by atoms with Crippen LogP contribution in [0.2, 0.25) is 0 Å². The minimum atomic E-state index is -0.675. The van der Waals surface area contributed by atoms with Gasteiger partial charge in [-0.2, -0.15) is 5.26 Å². The molecule has 25 heavy (non-hydrogen) atoms. The van der Waals surface area contributed by atoms with E-state index in [0.717, 1.165) is 16.6 Å². The summed E-state index contributed by atoms with van der Waals surface area (Å²) in [5.41, 5.74) is 2.66. The molecular formula is C19H17N3O2S. The van der Waals surface area contributed by atoms with Crippen LogP contribution in [0.3, 0.4) is 0 Å². The van der Waals surface area contributed by atoms with Gasteiger partial charge in [0.2, 0.25) is 0 Å². The number of anilines is 1. The average Bonchev–Trinajstić information content (AvgIpc) is 3.03. The van der Waals surface area contributed by atoms with Crippen molar-refractivity contribution in [2.24, 2.45) is 0 Å². The van der Waals surface area contributed by atoms with Crippen molar-refractivity contribution in [1.82, 2.24) is 4.98 Å². The molecule has 3 aromatic rings. The lowest BCUT2D eigenvalue weighted by atomic mass is 10.2. The number of nitrogens with one attached hydrogen (secondary N) is 1. The van der Waals surface area contributed by atoms with Crippen molar-refractivity contribution < 1.29 is 9.53 Å². The number of carbonyl (C=O) groups is 1. The molecule has 0 saturated carbocycles. The number of nitrogens with zero attached hydrogens (tertiary/aromatic N) is 2. The van der Waals surface area contributed by atoms with E-state index in [9.17, 15) is 4.79 Å². The van der Waals surface area contributed by atoms with Crippen LogP contribution < -0.4 is 10.1 Å². The van der Waals surface area contributed by atoms with E-state index in [-0.39, 0.29) is 5.91 Å². The minimum absolute atomic E-state index is 0.265. The third-order valence-electron chi connectivity index (χ3n) is 3.76. The number of fused-ring (bicyclic) bond motifs is 1. The zero-order valence-corrected chi connectivity index (χ0v) is 14.8. The molecule has 0 aliphatic heterocycles. The van der Waals surface area contributed by atoms with Crippen LogP contribution >= 0.6 is 11.3 Å². The number of benzene rings is 2. The summed E-state index contributed by atoms with van der Waals surface area (Å²) < 4.78 is 6.67. The van der Waals surface area contributed by atoms with Crippen LogP contribution in [-0.4, -0.2) is 17.0 Å². The fourth-order valence-corrected chi connectivity index (χ4v) is 3.25. The molecule has 1 aromatic heterocycles. The molecule has 0 radical (unpaired) electrons. The first kappa shape index (κ1) is 16.9. The van der Waals surface area contributed by atoms with Crippen LogP contribution in [0.25, 0.3) is 10.2 Å². The predicted octanol–water partition coefficient (Wildman–Crippen LogP) is 4.14. The predicted molar refractivity (Wildman–Crippen MR) is 98.9 cm³/mol. The minimum Gasteiger partial charge on any atom is -0.481 e. The van der Waals surface area contributed by atoms with Crippen molar-refractivity contribution in [3.05, 3.63) is 53.6 Å².